The molecule has 1 unspecified atom stereocenters. The number of thiophene rings is 1. The van der Waals surface area contributed by atoms with E-state index in [-0.39, 0.29) is 30.9 Å². The number of carbonyl (C=O) groups excluding carboxylic acids is 3. The molecule has 0 radical (unpaired) electrons. The van der Waals surface area contributed by atoms with Crippen LogP contribution in [0.2, 0.25) is 0 Å². The van der Waals surface area contributed by atoms with Crippen molar-refractivity contribution in [2.45, 2.75) is 38.6 Å². The molecule has 3 amide bonds. The minimum atomic E-state index is -0.931. The van der Waals surface area contributed by atoms with Crippen LogP contribution in [-0.2, 0) is 32.1 Å². The highest BCUT2D eigenvalue weighted by molar-refractivity contribution is 7.17. The maximum Gasteiger partial charge on any atom is 0.257 e. The lowest BCUT2D eigenvalue weighted by molar-refractivity contribution is -0.133. The van der Waals surface area contributed by atoms with E-state index in [1.165, 1.54) is 4.70 Å². The lowest BCUT2D eigenvalue weighted by Crippen LogP contribution is -2.50. The van der Waals surface area contributed by atoms with Crippen LogP contribution in [0, 0.1) is 5.41 Å². The fourth-order valence-corrected chi connectivity index (χ4v) is 5.67. The molecule has 10 heteroatoms. The van der Waals surface area contributed by atoms with E-state index in [1.54, 1.807) is 30.6 Å². The zero-order valence-corrected chi connectivity index (χ0v) is 24.4. The first kappa shape index (κ1) is 30.5. The van der Waals surface area contributed by atoms with Crippen LogP contribution < -0.4 is 26.0 Å². The minimum absolute atomic E-state index is 0.0594. The van der Waals surface area contributed by atoms with Crippen LogP contribution in [0.3, 0.4) is 0 Å². The summed E-state index contributed by atoms with van der Waals surface area (Å²) in [6.07, 6.45) is 2.65. The standard InChI is InChI=1S/C31H40N4O5S/c1-39-16-12-31(30(38)34-20-24-7-10-27-25(18-24)11-17-41-27)19-23-5-8-26(9-6-23)40-21-29(37)33-15-3-14-32-13-2-4-28(36)35-22-31/h5-11,17-18,32H,2-4,12-16,19-22H2,1H3,(H,33,37)(H,34,38)(H,35,36). The van der Waals surface area contributed by atoms with Crippen molar-refractivity contribution in [1.29, 1.82) is 0 Å². The van der Waals surface area contributed by atoms with E-state index in [0.717, 1.165) is 29.5 Å². The summed E-state index contributed by atoms with van der Waals surface area (Å²) in [5, 5.41) is 15.6. The monoisotopic (exact) mass is 580 g/mol. The van der Waals surface area contributed by atoms with Gasteiger partial charge in [-0.05, 0) is 91.0 Å². The van der Waals surface area contributed by atoms with Crippen molar-refractivity contribution in [2.24, 2.45) is 5.41 Å². The molecule has 41 heavy (non-hydrogen) atoms. The molecule has 0 fully saturated rings. The van der Waals surface area contributed by atoms with Gasteiger partial charge in [-0.3, -0.25) is 14.4 Å². The highest BCUT2D eigenvalue weighted by atomic mass is 32.1. The predicted octanol–water partition coefficient (Wildman–Crippen LogP) is 3.17. The summed E-state index contributed by atoms with van der Waals surface area (Å²) in [5.41, 5.74) is 1.00. The van der Waals surface area contributed by atoms with Gasteiger partial charge in [-0.15, -0.1) is 11.3 Å². The topological polar surface area (TPSA) is 118 Å². The number of fused-ring (bicyclic) bond motifs is 18. The normalized spacial score (nSPS) is 19.6. The summed E-state index contributed by atoms with van der Waals surface area (Å²) < 4.78 is 12.3. The van der Waals surface area contributed by atoms with Crippen LogP contribution in [0.25, 0.3) is 10.1 Å². The van der Waals surface area contributed by atoms with Gasteiger partial charge in [0.2, 0.25) is 11.8 Å². The summed E-state index contributed by atoms with van der Waals surface area (Å²) in [6, 6.07) is 15.7. The molecule has 5 rings (SSSR count). The van der Waals surface area contributed by atoms with Gasteiger partial charge in [0.1, 0.15) is 5.75 Å². The number of carbonyl (C=O) groups is 3. The lowest BCUT2D eigenvalue weighted by Gasteiger charge is -2.33. The first-order chi connectivity index (χ1) is 20.0. The second-order valence-corrected chi connectivity index (χ2v) is 11.4. The number of benzene rings is 2. The molecule has 0 spiro atoms. The van der Waals surface area contributed by atoms with Crippen molar-refractivity contribution >= 4 is 39.1 Å². The first-order valence-corrected chi connectivity index (χ1v) is 15.0. The molecular weight excluding hydrogens is 540 g/mol. The molecule has 2 aliphatic heterocycles. The van der Waals surface area contributed by atoms with Gasteiger partial charge in [-0.1, -0.05) is 18.2 Å². The van der Waals surface area contributed by atoms with Crippen molar-refractivity contribution in [3.63, 3.8) is 0 Å². The van der Waals surface area contributed by atoms with Crippen LogP contribution in [0.5, 0.6) is 5.75 Å². The van der Waals surface area contributed by atoms with Crippen molar-refractivity contribution in [3.05, 3.63) is 65.0 Å². The van der Waals surface area contributed by atoms with Gasteiger partial charge in [0.25, 0.3) is 5.91 Å². The van der Waals surface area contributed by atoms with Crippen molar-refractivity contribution in [3.8, 4) is 5.75 Å². The first-order valence-electron chi connectivity index (χ1n) is 14.2. The number of methoxy groups -OCH3 is 1. The Morgan fingerprint density at radius 2 is 1.85 bits per heavy atom. The molecule has 220 valence electrons. The van der Waals surface area contributed by atoms with Crippen LogP contribution >= 0.6 is 11.3 Å². The van der Waals surface area contributed by atoms with E-state index < -0.39 is 5.41 Å². The molecule has 3 aromatic rings. The Morgan fingerprint density at radius 1 is 1.02 bits per heavy atom. The number of nitrogens with one attached hydrogen (secondary N) is 4. The van der Waals surface area contributed by atoms with Crippen molar-refractivity contribution in [2.75, 3.05) is 46.5 Å². The fraction of sp³-hybridized carbons (Fsp3) is 0.452. The Hall–Kier alpha value is -3.47. The largest absolute Gasteiger partial charge is 0.484 e. The Bertz CT molecular complexity index is 1300. The third-order valence-corrected chi connectivity index (χ3v) is 8.20. The van der Waals surface area contributed by atoms with Crippen LogP contribution in [0.15, 0.2) is 53.9 Å². The quantitative estimate of drug-likeness (QED) is 0.356. The Kier molecular flexibility index (Phi) is 11.5. The number of ether oxygens (including phenoxy) is 2. The summed E-state index contributed by atoms with van der Waals surface area (Å²) >= 11 is 1.69. The molecular formula is C31H40N4O5S. The molecule has 2 aliphatic rings. The summed E-state index contributed by atoms with van der Waals surface area (Å²) in [6.45, 7) is 2.87. The molecule has 2 bridgehead atoms. The molecule has 0 aliphatic carbocycles. The summed E-state index contributed by atoms with van der Waals surface area (Å²) in [4.78, 5) is 38.9. The molecule has 2 aromatic carbocycles. The van der Waals surface area contributed by atoms with Gasteiger partial charge in [0.05, 0.1) is 5.41 Å². The maximum atomic E-state index is 14.0. The third kappa shape index (κ3) is 9.27. The van der Waals surface area contributed by atoms with Gasteiger partial charge >= 0.3 is 0 Å². The third-order valence-electron chi connectivity index (χ3n) is 7.31. The van der Waals surface area contributed by atoms with Gasteiger partial charge in [-0.2, -0.15) is 0 Å². The van der Waals surface area contributed by atoms with Crippen molar-refractivity contribution < 1.29 is 23.9 Å². The molecule has 4 N–H and O–H groups in total. The molecule has 1 atom stereocenters. The van der Waals surface area contributed by atoms with Crippen LogP contribution in [-0.4, -0.2) is 64.2 Å². The van der Waals surface area contributed by atoms with Gasteiger partial charge < -0.3 is 30.7 Å². The number of hydrogen-bond donors (Lipinski definition) is 4. The zero-order valence-electron chi connectivity index (χ0n) is 23.6. The molecule has 3 heterocycles. The van der Waals surface area contributed by atoms with E-state index in [1.807, 2.05) is 18.2 Å². The molecule has 0 saturated heterocycles. The van der Waals surface area contributed by atoms with Gasteiger partial charge in [-0.25, -0.2) is 0 Å². The summed E-state index contributed by atoms with van der Waals surface area (Å²) in [7, 11) is 1.61. The van der Waals surface area contributed by atoms with Crippen LogP contribution in [0.4, 0.5) is 0 Å². The van der Waals surface area contributed by atoms with Gasteiger partial charge in [0.15, 0.2) is 6.61 Å². The number of amides is 3. The highest BCUT2D eigenvalue weighted by Crippen LogP contribution is 2.29. The Labute approximate surface area is 245 Å². The Balaban J connectivity index is 1.54. The van der Waals surface area contributed by atoms with E-state index >= 15 is 0 Å². The van der Waals surface area contributed by atoms with E-state index in [9.17, 15) is 14.4 Å². The highest BCUT2D eigenvalue weighted by Gasteiger charge is 2.38. The lowest BCUT2D eigenvalue weighted by atomic mass is 9.77. The van der Waals surface area contributed by atoms with E-state index in [4.69, 9.17) is 9.47 Å². The number of hydrogen-bond acceptors (Lipinski definition) is 7. The smallest absolute Gasteiger partial charge is 0.257 e. The zero-order chi connectivity index (χ0) is 28.9. The molecule has 0 saturated carbocycles. The van der Waals surface area contributed by atoms with Gasteiger partial charge in [0, 0.05) is 44.5 Å². The Morgan fingerprint density at radius 3 is 2.68 bits per heavy atom. The van der Waals surface area contributed by atoms with E-state index in [2.05, 4.69) is 44.8 Å². The minimum Gasteiger partial charge on any atom is -0.484 e. The second kappa shape index (κ2) is 15.5. The maximum absolute atomic E-state index is 14.0. The van der Waals surface area contributed by atoms with Crippen LogP contribution in [0.1, 0.15) is 36.8 Å². The fourth-order valence-electron chi connectivity index (χ4n) is 4.90. The second-order valence-electron chi connectivity index (χ2n) is 10.4. The molecule has 9 nitrogen and oxygen atoms in total. The number of rotatable bonds is 6. The molecule has 1 aromatic heterocycles. The average Bonchev–Trinajstić information content (AvgIpc) is 3.46. The average molecular weight is 581 g/mol. The predicted molar refractivity (Wildman–Crippen MR) is 161 cm³/mol. The summed E-state index contributed by atoms with van der Waals surface area (Å²) in [5.74, 6) is 0.174. The van der Waals surface area contributed by atoms with Crippen molar-refractivity contribution in [1.82, 2.24) is 21.3 Å². The van der Waals surface area contributed by atoms with E-state index in [0.29, 0.717) is 57.7 Å². The SMILES string of the molecule is COCCC1(C(=O)NCc2ccc3sccc3c2)CNC(=O)CCCNCCCNC(=O)COc2ccc(cc2)C1.